The van der Waals surface area contributed by atoms with Gasteiger partial charge in [0.15, 0.2) is 11.1 Å². The molecule has 0 radical (unpaired) electrons. The summed E-state index contributed by atoms with van der Waals surface area (Å²) in [6.07, 6.45) is 0.885. The van der Waals surface area contributed by atoms with E-state index < -0.39 is 11.1 Å². The Morgan fingerprint density at radius 3 is 2.52 bits per heavy atom. The summed E-state index contributed by atoms with van der Waals surface area (Å²) in [7, 11) is 0. The molecule has 0 fully saturated rings. The summed E-state index contributed by atoms with van der Waals surface area (Å²) in [5, 5.41) is 0. The van der Waals surface area contributed by atoms with Gasteiger partial charge in [0.05, 0.1) is 0 Å². The standard InChI is InChI=1S/C16H16FNO2S/c17-16-5-3-12(4-6-16)14-2-1-13-7-8-18(11-21(19)20)10-15(13)9-14/h1-6,9H,7-8,10-11H2,(H,19,20). The van der Waals surface area contributed by atoms with Crippen LogP contribution in [0.5, 0.6) is 0 Å². The predicted molar refractivity (Wildman–Crippen MR) is 81.6 cm³/mol. The molecule has 2 aromatic rings. The number of rotatable bonds is 3. The van der Waals surface area contributed by atoms with Crippen LogP contribution < -0.4 is 0 Å². The van der Waals surface area contributed by atoms with Crippen LogP contribution in [0.4, 0.5) is 4.39 Å². The Morgan fingerprint density at radius 2 is 1.81 bits per heavy atom. The molecule has 0 aromatic heterocycles. The molecule has 1 atom stereocenters. The smallest absolute Gasteiger partial charge is 0.167 e. The SMILES string of the molecule is O=S(O)CN1CCc2ccc(-c3ccc(F)cc3)cc2C1. The van der Waals surface area contributed by atoms with Crippen molar-refractivity contribution in [3.05, 3.63) is 59.4 Å². The normalized spacial score (nSPS) is 16.5. The van der Waals surface area contributed by atoms with E-state index in [4.69, 9.17) is 4.55 Å². The van der Waals surface area contributed by atoms with Gasteiger partial charge < -0.3 is 4.55 Å². The number of benzene rings is 2. The fourth-order valence-corrected chi connectivity index (χ4v) is 3.24. The molecule has 1 unspecified atom stereocenters. The summed E-state index contributed by atoms with van der Waals surface area (Å²) in [6.45, 7) is 1.48. The molecule has 1 aliphatic heterocycles. The van der Waals surface area contributed by atoms with Gasteiger partial charge in [-0.25, -0.2) is 8.60 Å². The van der Waals surface area contributed by atoms with Crippen LogP contribution in [0.15, 0.2) is 42.5 Å². The van der Waals surface area contributed by atoms with Gasteiger partial charge in [-0.05, 0) is 46.9 Å². The Kier molecular flexibility index (Phi) is 4.14. The lowest BCUT2D eigenvalue weighted by Gasteiger charge is -2.27. The van der Waals surface area contributed by atoms with E-state index in [1.165, 1.54) is 23.3 Å². The van der Waals surface area contributed by atoms with Crippen molar-refractivity contribution in [2.24, 2.45) is 0 Å². The van der Waals surface area contributed by atoms with Crippen molar-refractivity contribution in [3.63, 3.8) is 0 Å². The Balaban J connectivity index is 1.87. The summed E-state index contributed by atoms with van der Waals surface area (Å²) in [6, 6.07) is 12.7. The van der Waals surface area contributed by atoms with Crippen LogP contribution in [0.3, 0.4) is 0 Å². The van der Waals surface area contributed by atoms with Crippen LogP contribution in [-0.4, -0.2) is 26.1 Å². The third-order valence-electron chi connectivity index (χ3n) is 3.77. The monoisotopic (exact) mass is 305 g/mol. The van der Waals surface area contributed by atoms with Gasteiger partial charge in [0.1, 0.15) is 11.7 Å². The molecule has 0 saturated carbocycles. The topological polar surface area (TPSA) is 40.5 Å². The van der Waals surface area contributed by atoms with Crippen molar-refractivity contribution in [2.45, 2.75) is 13.0 Å². The molecule has 0 amide bonds. The second-order valence-corrected chi connectivity index (χ2v) is 6.14. The molecule has 2 aromatic carbocycles. The number of fused-ring (bicyclic) bond motifs is 1. The van der Waals surface area contributed by atoms with Gasteiger partial charge >= 0.3 is 0 Å². The second-order valence-electron chi connectivity index (χ2n) is 5.24. The van der Waals surface area contributed by atoms with Crippen LogP contribution in [0, 0.1) is 5.82 Å². The Labute approximate surface area is 125 Å². The molecule has 1 heterocycles. The summed E-state index contributed by atoms with van der Waals surface area (Å²) < 4.78 is 32.9. The zero-order chi connectivity index (χ0) is 14.8. The fourth-order valence-electron chi connectivity index (χ4n) is 2.70. The van der Waals surface area contributed by atoms with Crippen LogP contribution in [0.25, 0.3) is 11.1 Å². The largest absolute Gasteiger partial charge is 0.305 e. The number of halogens is 1. The Hall–Kier alpha value is -1.56. The molecule has 3 rings (SSSR count). The van der Waals surface area contributed by atoms with Gasteiger partial charge in [-0.3, -0.25) is 4.90 Å². The lowest BCUT2D eigenvalue weighted by Crippen LogP contribution is -2.33. The summed E-state index contributed by atoms with van der Waals surface area (Å²) >= 11 is -1.80. The summed E-state index contributed by atoms with van der Waals surface area (Å²) in [5.74, 6) is -0.0615. The first-order valence-corrected chi connectivity index (χ1v) is 8.07. The zero-order valence-corrected chi connectivity index (χ0v) is 12.3. The van der Waals surface area contributed by atoms with Crippen molar-refractivity contribution >= 4 is 11.1 Å². The van der Waals surface area contributed by atoms with Crippen LogP contribution in [0.1, 0.15) is 11.1 Å². The average Bonchev–Trinajstić information content (AvgIpc) is 2.46. The highest BCUT2D eigenvalue weighted by molar-refractivity contribution is 7.79. The fraction of sp³-hybridized carbons (Fsp3) is 0.250. The van der Waals surface area contributed by atoms with E-state index in [1.54, 1.807) is 12.1 Å². The molecule has 3 nitrogen and oxygen atoms in total. The van der Waals surface area contributed by atoms with Crippen molar-refractivity contribution in [3.8, 4) is 11.1 Å². The van der Waals surface area contributed by atoms with E-state index in [9.17, 15) is 8.60 Å². The van der Waals surface area contributed by atoms with Crippen molar-refractivity contribution in [1.29, 1.82) is 0 Å². The third kappa shape index (κ3) is 3.37. The van der Waals surface area contributed by atoms with Gasteiger partial charge in [-0.2, -0.15) is 0 Å². The number of nitrogens with zero attached hydrogens (tertiary/aromatic N) is 1. The van der Waals surface area contributed by atoms with E-state index in [2.05, 4.69) is 12.1 Å². The molecule has 5 heteroatoms. The molecular formula is C16H16FNO2S. The van der Waals surface area contributed by atoms with E-state index in [-0.39, 0.29) is 11.7 Å². The molecule has 0 spiro atoms. The minimum Gasteiger partial charge on any atom is -0.305 e. The number of hydrogen-bond acceptors (Lipinski definition) is 2. The quantitative estimate of drug-likeness (QED) is 0.886. The lowest BCUT2D eigenvalue weighted by atomic mass is 9.95. The molecule has 110 valence electrons. The average molecular weight is 305 g/mol. The van der Waals surface area contributed by atoms with Gasteiger partial charge in [0, 0.05) is 13.1 Å². The van der Waals surface area contributed by atoms with Crippen LogP contribution >= 0.6 is 0 Å². The highest BCUT2D eigenvalue weighted by atomic mass is 32.2. The van der Waals surface area contributed by atoms with Crippen LogP contribution in [0.2, 0.25) is 0 Å². The zero-order valence-electron chi connectivity index (χ0n) is 11.5. The minimum atomic E-state index is -1.80. The first-order chi connectivity index (χ1) is 10.1. The first kappa shape index (κ1) is 14.4. The molecule has 21 heavy (non-hydrogen) atoms. The van der Waals surface area contributed by atoms with E-state index in [0.29, 0.717) is 6.54 Å². The maximum atomic E-state index is 13.0. The molecule has 0 bridgehead atoms. The molecule has 0 aliphatic carbocycles. The van der Waals surface area contributed by atoms with Crippen LogP contribution in [-0.2, 0) is 24.0 Å². The second kappa shape index (κ2) is 6.05. The Morgan fingerprint density at radius 1 is 1.10 bits per heavy atom. The maximum absolute atomic E-state index is 13.0. The first-order valence-electron chi connectivity index (χ1n) is 6.79. The summed E-state index contributed by atoms with van der Waals surface area (Å²) in [4.78, 5) is 1.98. The predicted octanol–water partition coefficient (Wildman–Crippen LogP) is 3.03. The lowest BCUT2D eigenvalue weighted by molar-refractivity contribution is 0.291. The van der Waals surface area contributed by atoms with E-state index in [0.717, 1.165) is 24.1 Å². The van der Waals surface area contributed by atoms with Gasteiger partial charge in [0.25, 0.3) is 0 Å². The highest BCUT2D eigenvalue weighted by Crippen LogP contribution is 2.26. The van der Waals surface area contributed by atoms with Crippen molar-refractivity contribution in [1.82, 2.24) is 4.90 Å². The highest BCUT2D eigenvalue weighted by Gasteiger charge is 2.18. The minimum absolute atomic E-state index is 0.181. The molecule has 1 aliphatic rings. The summed E-state index contributed by atoms with van der Waals surface area (Å²) in [5.41, 5.74) is 4.47. The van der Waals surface area contributed by atoms with Gasteiger partial charge in [-0.15, -0.1) is 0 Å². The van der Waals surface area contributed by atoms with Crippen molar-refractivity contribution < 1.29 is 13.2 Å². The third-order valence-corrected chi connectivity index (χ3v) is 4.35. The molecule has 0 saturated heterocycles. The van der Waals surface area contributed by atoms with E-state index in [1.807, 2.05) is 11.0 Å². The van der Waals surface area contributed by atoms with E-state index >= 15 is 0 Å². The number of hydrogen-bond donors (Lipinski definition) is 1. The van der Waals surface area contributed by atoms with Crippen molar-refractivity contribution in [2.75, 3.05) is 12.4 Å². The molecule has 1 N–H and O–H groups in total. The molecular weight excluding hydrogens is 289 g/mol. The van der Waals surface area contributed by atoms with Gasteiger partial charge in [-0.1, -0.05) is 24.3 Å². The van der Waals surface area contributed by atoms with Gasteiger partial charge in [0.2, 0.25) is 0 Å². The maximum Gasteiger partial charge on any atom is 0.167 e. The Bertz CT molecular complexity index is 672.